The predicted molar refractivity (Wildman–Crippen MR) is 45.1 cm³/mol. The first-order chi connectivity index (χ1) is 5.33. The van der Waals surface area contributed by atoms with Crippen LogP contribution in [0.1, 0.15) is 32.1 Å². The molecular formula is C7H13NO2S. The zero-order chi connectivity index (χ0) is 8.10. The smallest absolute Gasteiger partial charge is 0.382 e. The first-order valence-corrected chi connectivity index (χ1v) is 4.78. The van der Waals surface area contributed by atoms with Gasteiger partial charge >= 0.3 is 5.30 Å². The molecule has 1 rings (SSSR count). The van der Waals surface area contributed by atoms with Crippen molar-refractivity contribution in [2.45, 2.75) is 38.2 Å². The van der Waals surface area contributed by atoms with Crippen molar-refractivity contribution in [1.29, 1.82) is 0 Å². The van der Waals surface area contributed by atoms with Crippen molar-refractivity contribution in [3.63, 3.8) is 0 Å². The Bertz CT molecular complexity index is 134. The molecule has 0 heterocycles. The van der Waals surface area contributed by atoms with Gasteiger partial charge in [-0.3, -0.25) is 5.14 Å². The average molecular weight is 175 g/mol. The van der Waals surface area contributed by atoms with Crippen molar-refractivity contribution in [2.75, 3.05) is 0 Å². The molecule has 0 aromatic rings. The van der Waals surface area contributed by atoms with Gasteiger partial charge in [0.05, 0.1) is 0 Å². The second kappa shape index (κ2) is 4.62. The Hall–Kier alpha value is -0.220. The van der Waals surface area contributed by atoms with Gasteiger partial charge in [0.2, 0.25) is 0 Å². The molecule has 1 saturated carbocycles. The summed E-state index contributed by atoms with van der Waals surface area (Å²) in [6, 6.07) is 0. The standard InChI is InChI=1S/C7H13NO2S/c8-11-7(9)10-6-4-2-1-3-5-6/h6H,1-5,8H2. The molecule has 0 spiro atoms. The molecule has 3 nitrogen and oxygen atoms in total. The Kier molecular flexibility index (Phi) is 3.72. The minimum Gasteiger partial charge on any atom is -0.453 e. The maximum Gasteiger partial charge on any atom is 0.382 e. The van der Waals surface area contributed by atoms with E-state index in [9.17, 15) is 4.79 Å². The highest BCUT2D eigenvalue weighted by Gasteiger charge is 2.16. The average Bonchev–Trinajstić information content (AvgIpc) is 2.06. The second-order valence-corrected chi connectivity index (χ2v) is 3.31. The lowest BCUT2D eigenvalue weighted by atomic mass is 9.98. The van der Waals surface area contributed by atoms with E-state index in [2.05, 4.69) is 0 Å². The van der Waals surface area contributed by atoms with Crippen LogP contribution in [0, 0.1) is 0 Å². The zero-order valence-corrected chi connectivity index (χ0v) is 7.23. The highest BCUT2D eigenvalue weighted by Crippen LogP contribution is 2.21. The lowest BCUT2D eigenvalue weighted by Gasteiger charge is -2.20. The number of carbonyl (C=O) groups is 1. The summed E-state index contributed by atoms with van der Waals surface area (Å²) in [5.74, 6) is 0. The summed E-state index contributed by atoms with van der Waals surface area (Å²) in [6.07, 6.45) is 5.76. The number of hydrogen-bond acceptors (Lipinski definition) is 4. The molecule has 0 bridgehead atoms. The van der Waals surface area contributed by atoms with E-state index >= 15 is 0 Å². The summed E-state index contributed by atoms with van der Waals surface area (Å²) >= 11 is 0.657. The fraction of sp³-hybridized carbons (Fsp3) is 0.857. The fourth-order valence-corrected chi connectivity index (χ4v) is 1.54. The van der Waals surface area contributed by atoms with E-state index in [1.165, 1.54) is 19.3 Å². The summed E-state index contributed by atoms with van der Waals surface area (Å²) in [5.41, 5.74) is 0. The Morgan fingerprint density at radius 2 is 2.00 bits per heavy atom. The van der Waals surface area contributed by atoms with Gasteiger partial charge in [0.15, 0.2) is 0 Å². The van der Waals surface area contributed by atoms with E-state index < -0.39 is 0 Å². The van der Waals surface area contributed by atoms with E-state index in [1.54, 1.807) is 0 Å². The fourth-order valence-electron chi connectivity index (χ4n) is 1.35. The molecule has 1 aliphatic rings. The van der Waals surface area contributed by atoms with E-state index in [0.717, 1.165) is 12.8 Å². The van der Waals surface area contributed by atoms with Gasteiger partial charge in [-0.1, -0.05) is 6.42 Å². The van der Waals surface area contributed by atoms with Crippen LogP contribution in [-0.2, 0) is 4.74 Å². The Morgan fingerprint density at radius 1 is 1.36 bits per heavy atom. The van der Waals surface area contributed by atoms with Crippen LogP contribution in [0.3, 0.4) is 0 Å². The molecule has 11 heavy (non-hydrogen) atoms. The largest absolute Gasteiger partial charge is 0.453 e. The maximum atomic E-state index is 10.7. The van der Waals surface area contributed by atoms with Gasteiger partial charge in [-0.2, -0.15) is 0 Å². The molecular weight excluding hydrogens is 162 g/mol. The van der Waals surface area contributed by atoms with E-state index in [-0.39, 0.29) is 11.4 Å². The summed E-state index contributed by atoms with van der Waals surface area (Å²) in [4.78, 5) is 10.7. The van der Waals surface area contributed by atoms with Crippen LogP contribution in [0.15, 0.2) is 0 Å². The second-order valence-electron chi connectivity index (χ2n) is 2.75. The molecule has 64 valence electrons. The molecule has 0 aromatic carbocycles. The summed E-state index contributed by atoms with van der Waals surface area (Å²) in [5, 5.41) is 4.68. The van der Waals surface area contributed by atoms with Gasteiger partial charge in [0.25, 0.3) is 0 Å². The molecule has 0 unspecified atom stereocenters. The molecule has 0 radical (unpaired) electrons. The van der Waals surface area contributed by atoms with Gasteiger partial charge in [0, 0.05) is 11.9 Å². The molecule has 1 aliphatic carbocycles. The van der Waals surface area contributed by atoms with Crippen LogP contribution >= 0.6 is 11.9 Å². The normalized spacial score (nSPS) is 19.7. The lowest BCUT2D eigenvalue weighted by Crippen LogP contribution is -2.19. The van der Waals surface area contributed by atoms with Gasteiger partial charge in [-0.25, -0.2) is 4.79 Å². The Morgan fingerprint density at radius 3 is 2.55 bits per heavy atom. The molecule has 0 saturated heterocycles. The monoisotopic (exact) mass is 175 g/mol. The quantitative estimate of drug-likeness (QED) is 0.489. The Balaban J connectivity index is 2.19. The molecule has 0 aromatic heterocycles. The van der Waals surface area contributed by atoms with Crippen LogP contribution in [0.2, 0.25) is 0 Å². The van der Waals surface area contributed by atoms with Crippen molar-refractivity contribution in [3.8, 4) is 0 Å². The van der Waals surface area contributed by atoms with E-state index in [1.807, 2.05) is 0 Å². The third kappa shape index (κ3) is 3.12. The Labute approximate surface area is 70.8 Å². The predicted octanol–water partition coefficient (Wildman–Crippen LogP) is 2.06. The molecule has 4 heteroatoms. The third-order valence-corrected chi connectivity index (χ3v) is 2.20. The summed E-state index contributed by atoms with van der Waals surface area (Å²) < 4.78 is 5.04. The number of hydrogen-bond donors (Lipinski definition) is 1. The molecule has 1 fully saturated rings. The zero-order valence-electron chi connectivity index (χ0n) is 6.41. The number of rotatable bonds is 1. The first kappa shape index (κ1) is 8.87. The van der Waals surface area contributed by atoms with Gasteiger partial charge in [-0.05, 0) is 25.7 Å². The SMILES string of the molecule is NSC(=O)OC1CCCCC1. The molecule has 2 N–H and O–H groups in total. The van der Waals surface area contributed by atoms with Gasteiger partial charge in [0.1, 0.15) is 6.10 Å². The van der Waals surface area contributed by atoms with Gasteiger partial charge in [-0.15, -0.1) is 0 Å². The van der Waals surface area contributed by atoms with E-state index in [0.29, 0.717) is 11.9 Å². The van der Waals surface area contributed by atoms with Crippen LogP contribution < -0.4 is 5.14 Å². The molecule has 0 atom stereocenters. The van der Waals surface area contributed by atoms with Crippen molar-refractivity contribution < 1.29 is 9.53 Å². The van der Waals surface area contributed by atoms with Crippen molar-refractivity contribution in [2.24, 2.45) is 5.14 Å². The summed E-state index contributed by atoms with van der Waals surface area (Å²) in [7, 11) is 0. The first-order valence-electron chi connectivity index (χ1n) is 3.90. The van der Waals surface area contributed by atoms with Gasteiger partial charge < -0.3 is 4.74 Å². The molecule has 0 amide bonds. The number of carbonyl (C=O) groups excluding carboxylic acids is 1. The van der Waals surface area contributed by atoms with Crippen LogP contribution in [-0.4, -0.2) is 11.4 Å². The minimum atomic E-state index is -0.350. The van der Waals surface area contributed by atoms with Crippen LogP contribution in [0.4, 0.5) is 4.79 Å². The molecule has 0 aliphatic heterocycles. The summed E-state index contributed by atoms with van der Waals surface area (Å²) in [6.45, 7) is 0. The van der Waals surface area contributed by atoms with Crippen molar-refractivity contribution >= 4 is 17.2 Å². The number of nitrogens with two attached hydrogens (primary N) is 1. The number of ether oxygens (including phenoxy) is 1. The lowest BCUT2D eigenvalue weighted by molar-refractivity contribution is 0.0967. The van der Waals surface area contributed by atoms with Crippen LogP contribution in [0.5, 0.6) is 0 Å². The van der Waals surface area contributed by atoms with Crippen LogP contribution in [0.25, 0.3) is 0 Å². The minimum absolute atomic E-state index is 0.132. The highest BCUT2D eigenvalue weighted by molar-refractivity contribution is 8.11. The van der Waals surface area contributed by atoms with Crippen molar-refractivity contribution in [3.05, 3.63) is 0 Å². The highest BCUT2D eigenvalue weighted by atomic mass is 32.2. The third-order valence-electron chi connectivity index (χ3n) is 1.91. The van der Waals surface area contributed by atoms with Crippen molar-refractivity contribution in [1.82, 2.24) is 0 Å². The topological polar surface area (TPSA) is 52.3 Å². The maximum absolute atomic E-state index is 10.7. The van der Waals surface area contributed by atoms with E-state index in [4.69, 9.17) is 9.88 Å².